The van der Waals surface area contributed by atoms with E-state index in [1.54, 1.807) is 6.92 Å². The first-order chi connectivity index (χ1) is 8.04. The molecule has 0 saturated carbocycles. The highest BCUT2D eigenvalue weighted by molar-refractivity contribution is 5.69. The van der Waals surface area contributed by atoms with E-state index in [0.717, 1.165) is 6.07 Å². The smallest absolute Gasteiger partial charge is 0.306 e. The first-order valence-electron chi connectivity index (χ1n) is 5.21. The number of aliphatic carboxylic acids is 1. The molecule has 0 fully saturated rings. The molecule has 1 unspecified atom stereocenters. The van der Waals surface area contributed by atoms with Crippen LogP contribution in [0.2, 0.25) is 0 Å². The van der Waals surface area contributed by atoms with Gasteiger partial charge in [-0.25, -0.2) is 4.39 Å². The van der Waals surface area contributed by atoms with E-state index in [0.29, 0.717) is 18.7 Å². The highest BCUT2D eigenvalue weighted by atomic mass is 19.1. The largest absolute Gasteiger partial charge is 0.481 e. The zero-order chi connectivity index (χ0) is 12.8. The highest BCUT2D eigenvalue weighted by Gasteiger charge is 2.10. The minimum atomic E-state index is -0.855. The molecule has 0 bridgehead atoms. The summed E-state index contributed by atoms with van der Waals surface area (Å²) in [5.41, 5.74) is 0.736. The van der Waals surface area contributed by atoms with Crippen LogP contribution in [0.4, 0.5) is 10.1 Å². The fourth-order valence-corrected chi connectivity index (χ4v) is 1.31. The third-order valence-electron chi connectivity index (χ3n) is 2.42. The molecule has 5 heteroatoms. The number of nitrogens with zero attached hydrogens (tertiary/aromatic N) is 1. The van der Waals surface area contributed by atoms with E-state index in [4.69, 9.17) is 10.4 Å². The normalized spacial score (nSPS) is 11.6. The Labute approximate surface area is 98.7 Å². The number of carboxylic acid groups (broad SMARTS) is 1. The van der Waals surface area contributed by atoms with Crippen LogP contribution in [0.1, 0.15) is 18.9 Å². The lowest BCUT2D eigenvalue weighted by Gasteiger charge is -2.10. The maximum absolute atomic E-state index is 12.8. The second-order valence-corrected chi connectivity index (χ2v) is 3.76. The van der Waals surface area contributed by atoms with Crippen LogP contribution >= 0.6 is 0 Å². The molecular weight excluding hydrogens is 223 g/mol. The molecule has 1 atom stereocenters. The van der Waals surface area contributed by atoms with Gasteiger partial charge in [-0.1, -0.05) is 6.92 Å². The van der Waals surface area contributed by atoms with Gasteiger partial charge in [-0.3, -0.25) is 4.79 Å². The van der Waals surface area contributed by atoms with Gasteiger partial charge in [0.1, 0.15) is 11.9 Å². The Bertz CT molecular complexity index is 454. The molecule has 2 N–H and O–H groups in total. The maximum Gasteiger partial charge on any atom is 0.306 e. The van der Waals surface area contributed by atoms with Crippen LogP contribution in [-0.2, 0) is 4.79 Å². The van der Waals surface area contributed by atoms with Gasteiger partial charge in [0, 0.05) is 6.54 Å². The van der Waals surface area contributed by atoms with E-state index in [1.165, 1.54) is 12.1 Å². The summed E-state index contributed by atoms with van der Waals surface area (Å²) >= 11 is 0. The molecule has 4 nitrogen and oxygen atoms in total. The summed E-state index contributed by atoms with van der Waals surface area (Å²) < 4.78 is 12.8. The van der Waals surface area contributed by atoms with Gasteiger partial charge in [-0.2, -0.15) is 5.26 Å². The summed E-state index contributed by atoms with van der Waals surface area (Å²) in [5.74, 6) is -1.77. The van der Waals surface area contributed by atoms with Gasteiger partial charge >= 0.3 is 5.97 Å². The first kappa shape index (κ1) is 13.0. The summed E-state index contributed by atoms with van der Waals surface area (Å²) in [6, 6.07) is 5.75. The molecule has 0 spiro atoms. The van der Waals surface area contributed by atoms with Crippen LogP contribution < -0.4 is 5.32 Å². The number of nitriles is 1. The third kappa shape index (κ3) is 3.76. The second-order valence-electron chi connectivity index (χ2n) is 3.76. The monoisotopic (exact) mass is 236 g/mol. The number of anilines is 1. The molecule has 1 aromatic carbocycles. The van der Waals surface area contributed by atoms with Crippen LogP contribution in [0.25, 0.3) is 0 Å². The standard InChI is InChI=1S/C12H13FN2O2/c1-8(12(16)17)4-5-15-11-3-2-10(13)6-9(11)7-14/h2-3,6,8,15H,4-5H2,1H3,(H,16,17). The average molecular weight is 236 g/mol. The van der Waals surface area contributed by atoms with Crippen LogP contribution in [0.15, 0.2) is 18.2 Å². The van der Waals surface area contributed by atoms with Gasteiger partial charge in [-0.15, -0.1) is 0 Å². The zero-order valence-electron chi connectivity index (χ0n) is 9.40. The first-order valence-corrected chi connectivity index (χ1v) is 5.21. The lowest BCUT2D eigenvalue weighted by atomic mass is 10.1. The van der Waals surface area contributed by atoms with Crippen molar-refractivity contribution in [3.05, 3.63) is 29.6 Å². The average Bonchev–Trinajstić information content (AvgIpc) is 2.30. The lowest BCUT2D eigenvalue weighted by Crippen LogP contribution is -2.14. The number of carbonyl (C=O) groups is 1. The van der Waals surface area contributed by atoms with Gasteiger partial charge in [0.05, 0.1) is 17.2 Å². The van der Waals surface area contributed by atoms with Crippen molar-refractivity contribution in [1.29, 1.82) is 5.26 Å². The van der Waals surface area contributed by atoms with E-state index < -0.39 is 17.7 Å². The maximum atomic E-state index is 12.8. The van der Waals surface area contributed by atoms with Crippen molar-refractivity contribution in [2.45, 2.75) is 13.3 Å². The molecule has 1 aromatic rings. The second kappa shape index (κ2) is 5.85. The summed E-state index contributed by atoms with van der Waals surface area (Å²) in [6.45, 7) is 2.04. The van der Waals surface area contributed by atoms with E-state index in [2.05, 4.69) is 5.32 Å². The molecule has 0 aliphatic heterocycles. The van der Waals surface area contributed by atoms with Crippen molar-refractivity contribution in [1.82, 2.24) is 0 Å². The number of nitrogens with one attached hydrogen (secondary N) is 1. The summed E-state index contributed by atoms with van der Waals surface area (Å²) in [5, 5.41) is 20.4. The van der Waals surface area contributed by atoms with Gasteiger partial charge in [0.2, 0.25) is 0 Å². The fourth-order valence-electron chi connectivity index (χ4n) is 1.31. The molecule has 0 amide bonds. The predicted molar refractivity (Wildman–Crippen MR) is 61.0 cm³/mol. The van der Waals surface area contributed by atoms with Crippen LogP contribution in [0.5, 0.6) is 0 Å². The van der Waals surface area contributed by atoms with Gasteiger partial charge < -0.3 is 10.4 Å². The van der Waals surface area contributed by atoms with Crippen molar-refractivity contribution in [2.75, 3.05) is 11.9 Å². The van der Waals surface area contributed by atoms with Crippen LogP contribution in [0.3, 0.4) is 0 Å². The highest BCUT2D eigenvalue weighted by Crippen LogP contribution is 2.16. The molecule has 0 saturated heterocycles. The molecule has 90 valence electrons. The van der Waals surface area contributed by atoms with E-state index in [9.17, 15) is 9.18 Å². The van der Waals surface area contributed by atoms with Crippen molar-refractivity contribution >= 4 is 11.7 Å². The SMILES string of the molecule is CC(CCNc1ccc(F)cc1C#N)C(=O)O. The molecule has 0 radical (unpaired) electrons. The van der Waals surface area contributed by atoms with Crippen LogP contribution in [0, 0.1) is 23.1 Å². The Morgan fingerprint density at radius 3 is 2.94 bits per heavy atom. The molecule has 0 aromatic heterocycles. The summed E-state index contributed by atoms with van der Waals surface area (Å²) in [4.78, 5) is 10.6. The number of hydrogen-bond acceptors (Lipinski definition) is 3. The molecule has 0 aliphatic rings. The summed E-state index contributed by atoms with van der Waals surface area (Å²) in [7, 11) is 0. The van der Waals surface area contributed by atoms with Crippen molar-refractivity contribution in [3.63, 3.8) is 0 Å². The quantitative estimate of drug-likeness (QED) is 0.822. The molecular formula is C12H13FN2O2. The van der Waals surface area contributed by atoms with E-state index in [1.807, 2.05) is 6.07 Å². The fraction of sp³-hybridized carbons (Fsp3) is 0.333. The Morgan fingerprint density at radius 2 is 2.35 bits per heavy atom. The minimum absolute atomic E-state index is 0.216. The van der Waals surface area contributed by atoms with Gasteiger partial charge in [0.15, 0.2) is 0 Å². The zero-order valence-corrected chi connectivity index (χ0v) is 9.40. The molecule has 0 aliphatic carbocycles. The van der Waals surface area contributed by atoms with Crippen LogP contribution in [-0.4, -0.2) is 17.6 Å². The van der Waals surface area contributed by atoms with Crippen molar-refractivity contribution in [2.24, 2.45) is 5.92 Å². The van der Waals surface area contributed by atoms with Crippen molar-refractivity contribution < 1.29 is 14.3 Å². The number of halogens is 1. The Kier molecular flexibility index (Phi) is 4.46. The predicted octanol–water partition coefficient (Wildman–Crippen LogP) is 2.22. The van der Waals surface area contributed by atoms with Gasteiger partial charge in [-0.05, 0) is 24.6 Å². The molecule has 17 heavy (non-hydrogen) atoms. The Hall–Kier alpha value is -2.09. The molecule has 0 heterocycles. The third-order valence-corrected chi connectivity index (χ3v) is 2.42. The van der Waals surface area contributed by atoms with Gasteiger partial charge in [0.25, 0.3) is 0 Å². The van der Waals surface area contributed by atoms with Crippen molar-refractivity contribution in [3.8, 4) is 6.07 Å². The number of carboxylic acids is 1. The van der Waals surface area contributed by atoms with E-state index >= 15 is 0 Å². The lowest BCUT2D eigenvalue weighted by molar-refractivity contribution is -0.141. The number of benzene rings is 1. The minimum Gasteiger partial charge on any atom is -0.481 e. The molecule has 1 rings (SSSR count). The Balaban J connectivity index is 2.58. The Morgan fingerprint density at radius 1 is 1.65 bits per heavy atom. The van der Waals surface area contributed by atoms with E-state index in [-0.39, 0.29) is 5.56 Å². The number of hydrogen-bond donors (Lipinski definition) is 2. The number of rotatable bonds is 5. The summed E-state index contributed by atoms with van der Waals surface area (Å²) in [6.07, 6.45) is 0.442. The topological polar surface area (TPSA) is 73.1 Å².